The summed E-state index contributed by atoms with van der Waals surface area (Å²) in [6.45, 7) is 8.95. The van der Waals surface area contributed by atoms with E-state index in [9.17, 15) is 0 Å². The van der Waals surface area contributed by atoms with Gasteiger partial charge in [0, 0.05) is 4.83 Å². The molecule has 1 aromatic carbocycles. The summed E-state index contributed by atoms with van der Waals surface area (Å²) >= 11 is 3.63. The van der Waals surface area contributed by atoms with Gasteiger partial charge in [0.1, 0.15) is 11.9 Å². The minimum Gasteiger partial charge on any atom is -0.490 e. The van der Waals surface area contributed by atoms with Crippen LogP contribution in [0.15, 0.2) is 18.2 Å². The lowest BCUT2D eigenvalue weighted by atomic mass is 9.92. The molecule has 0 bridgehead atoms. The van der Waals surface area contributed by atoms with Gasteiger partial charge in [-0.1, -0.05) is 61.8 Å². The predicted octanol–water partition coefficient (Wildman–Crippen LogP) is 5.24. The van der Waals surface area contributed by atoms with Crippen LogP contribution in [0.5, 0.6) is 5.75 Å². The van der Waals surface area contributed by atoms with Crippen molar-refractivity contribution in [2.24, 2.45) is 0 Å². The van der Waals surface area contributed by atoms with Gasteiger partial charge in [-0.3, -0.25) is 0 Å². The van der Waals surface area contributed by atoms with Crippen molar-refractivity contribution in [2.45, 2.75) is 63.3 Å². The highest BCUT2D eigenvalue weighted by atomic mass is 79.9. The van der Waals surface area contributed by atoms with Crippen LogP contribution in [0.3, 0.4) is 0 Å². The van der Waals surface area contributed by atoms with Gasteiger partial charge in [-0.05, 0) is 35.8 Å². The van der Waals surface area contributed by atoms with Gasteiger partial charge < -0.3 is 4.74 Å². The molecule has 0 radical (unpaired) electrons. The topological polar surface area (TPSA) is 9.23 Å². The monoisotopic (exact) mass is 310 g/mol. The third-order valence-electron chi connectivity index (χ3n) is 3.64. The zero-order chi connectivity index (χ0) is 13.3. The quantitative estimate of drug-likeness (QED) is 0.691. The minimum atomic E-state index is 0.395. The molecule has 0 aromatic heterocycles. The first-order valence-electron chi connectivity index (χ1n) is 6.92. The van der Waals surface area contributed by atoms with Gasteiger partial charge in [0.2, 0.25) is 0 Å². The van der Waals surface area contributed by atoms with E-state index >= 15 is 0 Å². The van der Waals surface area contributed by atoms with Gasteiger partial charge in [-0.15, -0.1) is 0 Å². The van der Waals surface area contributed by atoms with Crippen molar-refractivity contribution in [3.63, 3.8) is 0 Å². The largest absolute Gasteiger partial charge is 0.490 e. The van der Waals surface area contributed by atoms with Gasteiger partial charge in [0.25, 0.3) is 0 Å². The zero-order valence-electron chi connectivity index (χ0n) is 11.7. The average molecular weight is 311 g/mol. The molecule has 0 amide bonds. The molecular formula is C16H23BrO. The van der Waals surface area contributed by atoms with Crippen LogP contribution < -0.4 is 4.74 Å². The third kappa shape index (κ3) is 2.90. The smallest absolute Gasteiger partial charge is 0.126 e. The highest BCUT2D eigenvalue weighted by Crippen LogP contribution is 2.38. The fraction of sp³-hybridized carbons (Fsp3) is 0.625. The molecule has 1 aromatic rings. The summed E-state index contributed by atoms with van der Waals surface area (Å²) in [5.41, 5.74) is 2.69. The van der Waals surface area contributed by atoms with Crippen molar-refractivity contribution in [1.29, 1.82) is 0 Å². The molecule has 0 N–H and O–H groups in total. The number of alkyl halides is 1. The first-order chi connectivity index (χ1) is 8.49. The molecule has 1 aliphatic carbocycles. The van der Waals surface area contributed by atoms with Crippen molar-refractivity contribution >= 4 is 15.9 Å². The third-order valence-corrected chi connectivity index (χ3v) is 4.39. The molecule has 0 unspecified atom stereocenters. The zero-order valence-corrected chi connectivity index (χ0v) is 13.3. The van der Waals surface area contributed by atoms with Gasteiger partial charge in [-0.2, -0.15) is 0 Å². The molecule has 0 heterocycles. The summed E-state index contributed by atoms with van der Waals surface area (Å²) in [5, 5.41) is 0. The van der Waals surface area contributed by atoms with E-state index in [0.29, 0.717) is 22.8 Å². The molecule has 100 valence electrons. The highest BCUT2D eigenvalue weighted by molar-refractivity contribution is 9.09. The van der Waals surface area contributed by atoms with E-state index in [-0.39, 0.29) is 0 Å². The molecule has 2 rings (SSSR count). The van der Waals surface area contributed by atoms with E-state index < -0.39 is 0 Å². The standard InChI is InChI=1S/C16H23BrO/c1-10(2)14-6-5-7-15(11(3)4)16(14)18-13-8-12(17)9-13/h5-7,10-13H,8-9H2,1-4H3. The SMILES string of the molecule is CC(C)c1cccc(C(C)C)c1OC1CC(Br)C1. The van der Waals surface area contributed by atoms with Crippen LogP contribution in [0, 0.1) is 0 Å². The van der Waals surface area contributed by atoms with E-state index in [0.717, 1.165) is 18.6 Å². The van der Waals surface area contributed by atoms with Crippen LogP contribution in [0.25, 0.3) is 0 Å². The number of hydrogen-bond donors (Lipinski definition) is 0. The Kier molecular flexibility index (Phi) is 4.37. The summed E-state index contributed by atoms with van der Waals surface area (Å²) in [6, 6.07) is 6.57. The summed E-state index contributed by atoms with van der Waals surface area (Å²) < 4.78 is 6.28. The van der Waals surface area contributed by atoms with E-state index in [1.807, 2.05) is 0 Å². The van der Waals surface area contributed by atoms with Crippen LogP contribution in [0.1, 0.15) is 63.5 Å². The van der Waals surface area contributed by atoms with Crippen molar-refractivity contribution in [2.75, 3.05) is 0 Å². The lowest BCUT2D eigenvalue weighted by molar-refractivity contribution is 0.125. The number of para-hydroxylation sites is 1. The fourth-order valence-electron chi connectivity index (χ4n) is 2.38. The van der Waals surface area contributed by atoms with Gasteiger partial charge in [0.15, 0.2) is 0 Å². The molecule has 1 aliphatic rings. The first kappa shape index (κ1) is 13.9. The molecule has 0 spiro atoms. The van der Waals surface area contributed by atoms with E-state index in [1.54, 1.807) is 0 Å². The summed E-state index contributed by atoms with van der Waals surface area (Å²) in [5.74, 6) is 2.17. The second kappa shape index (κ2) is 5.64. The van der Waals surface area contributed by atoms with Gasteiger partial charge in [-0.25, -0.2) is 0 Å². The number of hydrogen-bond acceptors (Lipinski definition) is 1. The van der Waals surface area contributed by atoms with Crippen molar-refractivity contribution in [1.82, 2.24) is 0 Å². The molecular weight excluding hydrogens is 288 g/mol. The van der Waals surface area contributed by atoms with Crippen molar-refractivity contribution in [3.8, 4) is 5.75 Å². The van der Waals surface area contributed by atoms with Crippen LogP contribution >= 0.6 is 15.9 Å². The first-order valence-corrected chi connectivity index (χ1v) is 7.84. The maximum Gasteiger partial charge on any atom is 0.126 e. The Morgan fingerprint density at radius 2 is 1.56 bits per heavy atom. The van der Waals surface area contributed by atoms with Gasteiger partial charge in [0.05, 0.1) is 0 Å². The van der Waals surface area contributed by atoms with Crippen LogP contribution in [0.2, 0.25) is 0 Å². The molecule has 0 atom stereocenters. The number of benzene rings is 1. The van der Waals surface area contributed by atoms with Gasteiger partial charge >= 0.3 is 0 Å². The maximum absolute atomic E-state index is 6.28. The molecule has 18 heavy (non-hydrogen) atoms. The second-order valence-electron chi connectivity index (χ2n) is 5.88. The lowest BCUT2D eigenvalue weighted by Gasteiger charge is -2.34. The highest BCUT2D eigenvalue weighted by Gasteiger charge is 2.30. The maximum atomic E-state index is 6.28. The Balaban J connectivity index is 2.28. The number of halogens is 1. The van der Waals surface area contributed by atoms with E-state index in [1.165, 1.54) is 11.1 Å². The molecule has 1 saturated carbocycles. The van der Waals surface area contributed by atoms with Crippen molar-refractivity contribution < 1.29 is 4.74 Å². The fourth-order valence-corrected chi connectivity index (χ4v) is 3.22. The number of ether oxygens (including phenoxy) is 1. The normalized spacial score (nSPS) is 23.3. The van der Waals surface area contributed by atoms with Crippen LogP contribution in [-0.2, 0) is 0 Å². The lowest BCUT2D eigenvalue weighted by Crippen LogP contribution is -2.34. The Morgan fingerprint density at radius 1 is 1.06 bits per heavy atom. The molecule has 0 saturated heterocycles. The molecule has 1 fully saturated rings. The van der Waals surface area contributed by atoms with Crippen LogP contribution in [0.4, 0.5) is 0 Å². The van der Waals surface area contributed by atoms with E-state index in [2.05, 4.69) is 61.8 Å². The van der Waals surface area contributed by atoms with E-state index in [4.69, 9.17) is 4.74 Å². The molecule has 2 heteroatoms. The summed E-state index contributed by atoms with van der Waals surface area (Å²) in [7, 11) is 0. The Bertz CT molecular complexity index is 379. The average Bonchev–Trinajstić information content (AvgIpc) is 2.26. The Labute approximate surface area is 119 Å². The van der Waals surface area contributed by atoms with Crippen LogP contribution in [-0.4, -0.2) is 10.9 Å². The predicted molar refractivity (Wildman–Crippen MR) is 81.0 cm³/mol. The van der Waals surface area contributed by atoms with Crippen molar-refractivity contribution in [3.05, 3.63) is 29.3 Å². The summed E-state index contributed by atoms with van der Waals surface area (Å²) in [4.78, 5) is 0.649. The minimum absolute atomic E-state index is 0.395. The molecule has 1 nitrogen and oxygen atoms in total. The molecule has 0 aliphatic heterocycles. The summed E-state index contributed by atoms with van der Waals surface area (Å²) in [6.07, 6.45) is 2.65. The second-order valence-corrected chi connectivity index (χ2v) is 7.18. The number of rotatable bonds is 4. The Hall–Kier alpha value is -0.500. The Morgan fingerprint density at radius 3 is 1.94 bits per heavy atom.